The van der Waals surface area contributed by atoms with Crippen LogP contribution in [0.5, 0.6) is 0 Å². The van der Waals surface area contributed by atoms with E-state index in [2.05, 4.69) is 5.32 Å². The van der Waals surface area contributed by atoms with Gasteiger partial charge in [-0.05, 0) is 52.5 Å². The molecule has 218 valence electrons. The molecule has 3 atom stereocenters. The molecule has 1 aromatic rings. The highest BCUT2D eigenvalue weighted by atomic mass is 16.6. The van der Waals surface area contributed by atoms with Gasteiger partial charge >= 0.3 is 18.2 Å². The minimum absolute atomic E-state index is 0.0405. The first kappa shape index (κ1) is 31.9. The summed E-state index contributed by atoms with van der Waals surface area (Å²) in [5.41, 5.74) is -1.33. The van der Waals surface area contributed by atoms with Gasteiger partial charge in [0.15, 0.2) is 0 Å². The molecule has 1 N–H and O–H groups in total. The minimum atomic E-state index is -0.958. The van der Waals surface area contributed by atoms with Gasteiger partial charge < -0.3 is 29.3 Å². The number of alkyl carbamates (subject to hydrolysis) is 1. The molecule has 1 aliphatic rings. The summed E-state index contributed by atoms with van der Waals surface area (Å²) in [6, 6.07) is 7.58. The normalized spacial score (nSPS) is 18.7. The van der Waals surface area contributed by atoms with E-state index in [1.165, 1.54) is 9.80 Å². The summed E-state index contributed by atoms with van der Waals surface area (Å²) in [7, 11) is 1.57. The van der Waals surface area contributed by atoms with Crippen molar-refractivity contribution < 1.29 is 33.4 Å². The van der Waals surface area contributed by atoms with Crippen LogP contribution in [0.1, 0.15) is 67.9 Å². The number of likely N-dealkylation sites (tertiary alicyclic amines) is 1. The van der Waals surface area contributed by atoms with E-state index in [-0.39, 0.29) is 19.7 Å². The van der Waals surface area contributed by atoms with Gasteiger partial charge in [0, 0.05) is 20.1 Å². The zero-order valence-electron chi connectivity index (χ0n) is 25.0. The minimum Gasteiger partial charge on any atom is -0.460 e. The van der Waals surface area contributed by atoms with Gasteiger partial charge in [-0.2, -0.15) is 0 Å². The molecule has 1 heterocycles. The molecular weight excluding hydrogens is 502 g/mol. The number of benzene rings is 1. The number of carbonyl (C=O) groups is 4. The van der Waals surface area contributed by atoms with Crippen molar-refractivity contribution in [2.45, 2.75) is 92.2 Å². The highest BCUT2D eigenvalue weighted by Crippen LogP contribution is 2.29. The van der Waals surface area contributed by atoms with Gasteiger partial charge in [0.05, 0.1) is 12.0 Å². The Bertz CT molecular complexity index is 1020. The molecule has 0 bridgehead atoms. The molecule has 1 aliphatic heterocycles. The largest absolute Gasteiger partial charge is 0.460 e. The average Bonchev–Trinajstić information content (AvgIpc) is 3.24. The summed E-state index contributed by atoms with van der Waals surface area (Å²) in [5.74, 6) is -1.72. The van der Waals surface area contributed by atoms with Crippen LogP contribution in [0.25, 0.3) is 0 Å². The van der Waals surface area contributed by atoms with Gasteiger partial charge in [-0.3, -0.25) is 9.59 Å². The highest BCUT2D eigenvalue weighted by molar-refractivity contribution is 5.87. The van der Waals surface area contributed by atoms with Crippen molar-refractivity contribution in [3.8, 4) is 0 Å². The number of nitrogens with one attached hydrogen (secondary N) is 1. The van der Waals surface area contributed by atoms with Crippen LogP contribution in [0.15, 0.2) is 30.3 Å². The van der Waals surface area contributed by atoms with Crippen molar-refractivity contribution >= 4 is 24.1 Å². The van der Waals surface area contributed by atoms with Crippen LogP contribution in [0.4, 0.5) is 9.59 Å². The maximum Gasteiger partial charge on any atom is 0.410 e. The van der Waals surface area contributed by atoms with E-state index in [1.54, 1.807) is 48.6 Å². The second-order valence-electron chi connectivity index (χ2n) is 13.0. The lowest BCUT2D eigenvalue weighted by Crippen LogP contribution is -2.57. The molecule has 0 aliphatic carbocycles. The second kappa shape index (κ2) is 12.3. The first-order valence-corrected chi connectivity index (χ1v) is 13.2. The number of amides is 3. The Morgan fingerprint density at radius 2 is 1.49 bits per heavy atom. The molecule has 0 radical (unpaired) electrons. The molecule has 1 fully saturated rings. The predicted octanol–water partition coefficient (Wildman–Crippen LogP) is 4.36. The molecule has 10 heteroatoms. The Balaban J connectivity index is 2.24. The molecule has 1 aromatic carbocycles. The maximum atomic E-state index is 13.8. The fourth-order valence-corrected chi connectivity index (χ4v) is 4.16. The number of carbonyl (C=O) groups excluding carboxylic acids is 4. The van der Waals surface area contributed by atoms with E-state index in [9.17, 15) is 19.2 Å². The van der Waals surface area contributed by atoms with Gasteiger partial charge in [0.2, 0.25) is 5.91 Å². The van der Waals surface area contributed by atoms with Crippen molar-refractivity contribution in [3.05, 3.63) is 35.9 Å². The third kappa shape index (κ3) is 9.75. The summed E-state index contributed by atoms with van der Waals surface area (Å²) >= 11 is 0. The molecule has 39 heavy (non-hydrogen) atoms. The van der Waals surface area contributed by atoms with Crippen LogP contribution in [-0.2, 0) is 30.4 Å². The summed E-state index contributed by atoms with van der Waals surface area (Å²) in [4.78, 5) is 55.4. The van der Waals surface area contributed by atoms with Gasteiger partial charge in [-0.1, -0.05) is 51.1 Å². The molecular formula is C29H45N3O7. The molecule has 3 amide bonds. The standard InChI is InChI=1S/C29H45N3O7/c1-27(2,3)22(30-25(35)37-18-19-14-12-11-13-15-19)23(33)31(10)21-17-32(26(36)39-29(7,8)9)16-20(21)24(34)38-28(4,5)6/h11-15,20-22H,16-18H2,1-10H3,(H,30,35)/t20-,21+,22-/m1/s1. The van der Waals surface area contributed by atoms with Gasteiger partial charge in [0.25, 0.3) is 0 Å². The quantitative estimate of drug-likeness (QED) is 0.416. The van der Waals surface area contributed by atoms with E-state index < -0.39 is 58.7 Å². The van der Waals surface area contributed by atoms with E-state index >= 15 is 0 Å². The van der Waals surface area contributed by atoms with Crippen LogP contribution < -0.4 is 5.32 Å². The van der Waals surface area contributed by atoms with Gasteiger partial charge in [0.1, 0.15) is 23.9 Å². The van der Waals surface area contributed by atoms with Crippen LogP contribution >= 0.6 is 0 Å². The number of rotatable bonds is 6. The van der Waals surface area contributed by atoms with Crippen molar-refractivity contribution in [2.24, 2.45) is 11.3 Å². The van der Waals surface area contributed by atoms with E-state index in [4.69, 9.17) is 14.2 Å². The Morgan fingerprint density at radius 1 is 0.923 bits per heavy atom. The predicted molar refractivity (Wildman–Crippen MR) is 147 cm³/mol. The third-order valence-electron chi connectivity index (χ3n) is 6.08. The smallest absolute Gasteiger partial charge is 0.410 e. The molecule has 0 saturated carbocycles. The topological polar surface area (TPSA) is 114 Å². The Kier molecular flexibility index (Phi) is 10.0. The van der Waals surface area contributed by atoms with Crippen molar-refractivity contribution in [2.75, 3.05) is 20.1 Å². The van der Waals surface area contributed by atoms with Crippen molar-refractivity contribution in [1.29, 1.82) is 0 Å². The Morgan fingerprint density at radius 3 is 2.00 bits per heavy atom. The SMILES string of the molecule is CN(C(=O)[C@@H](NC(=O)OCc1ccccc1)C(C)(C)C)[C@H]1CN(C(=O)OC(C)(C)C)C[C@H]1C(=O)OC(C)(C)C. The Labute approximate surface area is 232 Å². The number of ether oxygens (including phenoxy) is 3. The number of esters is 1. The lowest BCUT2D eigenvalue weighted by molar-refractivity contribution is -0.161. The Hall–Kier alpha value is -3.30. The van der Waals surface area contributed by atoms with E-state index in [0.29, 0.717) is 0 Å². The fourth-order valence-electron chi connectivity index (χ4n) is 4.16. The van der Waals surface area contributed by atoms with Crippen LogP contribution in [0.3, 0.4) is 0 Å². The van der Waals surface area contributed by atoms with Crippen molar-refractivity contribution in [3.63, 3.8) is 0 Å². The fraction of sp³-hybridized carbons (Fsp3) is 0.655. The summed E-state index contributed by atoms with van der Waals surface area (Å²) < 4.78 is 16.5. The zero-order valence-corrected chi connectivity index (χ0v) is 25.0. The van der Waals surface area contributed by atoms with E-state index in [1.807, 2.05) is 51.1 Å². The maximum absolute atomic E-state index is 13.8. The number of likely N-dealkylation sites (N-methyl/N-ethyl adjacent to an activating group) is 1. The number of hydrogen-bond acceptors (Lipinski definition) is 7. The summed E-state index contributed by atoms with van der Waals surface area (Å²) in [6.07, 6.45) is -1.31. The molecule has 2 rings (SSSR count). The van der Waals surface area contributed by atoms with Crippen LogP contribution in [0, 0.1) is 11.3 Å². The summed E-state index contributed by atoms with van der Waals surface area (Å²) in [5, 5.41) is 2.70. The second-order valence-corrected chi connectivity index (χ2v) is 13.0. The third-order valence-corrected chi connectivity index (χ3v) is 6.08. The zero-order chi connectivity index (χ0) is 29.8. The van der Waals surface area contributed by atoms with Crippen LogP contribution in [0.2, 0.25) is 0 Å². The monoisotopic (exact) mass is 547 g/mol. The first-order chi connectivity index (χ1) is 17.8. The molecule has 10 nitrogen and oxygen atoms in total. The lowest BCUT2D eigenvalue weighted by atomic mass is 9.85. The van der Waals surface area contributed by atoms with Gasteiger partial charge in [-0.15, -0.1) is 0 Å². The number of nitrogens with zero attached hydrogens (tertiary/aromatic N) is 2. The van der Waals surface area contributed by atoms with Crippen LogP contribution in [-0.4, -0.2) is 77.3 Å². The first-order valence-electron chi connectivity index (χ1n) is 13.2. The summed E-state index contributed by atoms with van der Waals surface area (Å²) in [6.45, 7) is 16.2. The molecule has 0 spiro atoms. The van der Waals surface area contributed by atoms with E-state index in [0.717, 1.165) is 5.56 Å². The number of hydrogen-bond donors (Lipinski definition) is 1. The highest BCUT2D eigenvalue weighted by Gasteiger charge is 2.48. The lowest BCUT2D eigenvalue weighted by Gasteiger charge is -2.36. The van der Waals surface area contributed by atoms with Gasteiger partial charge in [-0.25, -0.2) is 9.59 Å². The molecule has 0 aromatic heterocycles. The molecule has 0 unspecified atom stereocenters. The average molecular weight is 548 g/mol. The molecule has 1 saturated heterocycles. The van der Waals surface area contributed by atoms with Crippen molar-refractivity contribution in [1.82, 2.24) is 15.1 Å².